The number of pyridine rings is 1. The van der Waals surface area contributed by atoms with Crippen molar-refractivity contribution < 1.29 is 5.11 Å². The van der Waals surface area contributed by atoms with Crippen molar-refractivity contribution >= 4 is 5.69 Å². The van der Waals surface area contributed by atoms with E-state index in [1.165, 1.54) is 22.4 Å². The van der Waals surface area contributed by atoms with E-state index in [0.29, 0.717) is 11.8 Å². The van der Waals surface area contributed by atoms with Crippen LogP contribution < -0.4 is 10.4 Å². The molecular weight excluding hydrogens is 358 g/mol. The number of nitrogens with zero attached hydrogens (tertiary/aromatic N) is 2. The van der Waals surface area contributed by atoms with Crippen LogP contribution in [0.5, 0.6) is 0 Å². The predicted molar refractivity (Wildman–Crippen MR) is 116 cm³/mol. The van der Waals surface area contributed by atoms with Gasteiger partial charge in [0.05, 0.1) is 23.2 Å². The molecule has 2 aliphatic carbocycles. The summed E-state index contributed by atoms with van der Waals surface area (Å²) in [6.07, 6.45) is 11.1. The van der Waals surface area contributed by atoms with Gasteiger partial charge in [-0.15, -0.1) is 0 Å². The lowest BCUT2D eigenvalue weighted by atomic mass is 9.76. The summed E-state index contributed by atoms with van der Waals surface area (Å²) in [4.78, 5) is 4.26. The van der Waals surface area contributed by atoms with Crippen molar-refractivity contribution in [1.29, 1.82) is 0 Å². The molecule has 1 aromatic heterocycles. The normalized spacial score (nSPS) is 25.0. The van der Waals surface area contributed by atoms with Crippen molar-refractivity contribution in [2.24, 2.45) is 11.8 Å². The topological polar surface area (TPSA) is 48.4 Å². The van der Waals surface area contributed by atoms with Crippen LogP contribution in [0.15, 0.2) is 89.6 Å². The highest BCUT2D eigenvalue weighted by Crippen LogP contribution is 2.50. The summed E-state index contributed by atoms with van der Waals surface area (Å²) in [5.41, 5.74) is 10.1. The van der Waals surface area contributed by atoms with Gasteiger partial charge in [0, 0.05) is 23.9 Å². The SMILES string of the molecule is C[C@H]1C2=CNN(c3cccnc3)C2=CC2=C1[C@@H](CC(C)(O)c1ccccc1)CC2. The van der Waals surface area contributed by atoms with Gasteiger partial charge in [0.1, 0.15) is 0 Å². The maximum atomic E-state index is 11.2. The minimum Gasteiger partial charge on any atom is -0.385 e. The fraction of sp³-hybridized carbons (Fsp3) is 0.320. The van der Waals surface area contributed by atoms with Gasteiger partial charge < -0.3 is 10.5 Å². The number of nitrogens with one attached hydrogen (secondary N) is 1. The third-order valence-corrected chi connectivity index (χ3v) is 6.65. The lowest BCUT2D eigenvalue weighted by Crippen LogP contribution is -2.30. The Bertz CT molecular complexity index is 1000. The number of aromatic nitrogens is 1. The number of hydrogen-bond acceptors (Lipinski definition) is 4. The van der Waals surface area contributed by atoms with E-state index in [-0.39, 0.29) is 0 Å². The molecule has 148 valence electrons. The monoisotopic (exact) mass is 385 g/mol. The van der Waals surface area contributed by atoms with E-state index in [9.17, 15) is 5.11 Å². The molecule has 4 heteroatoms. The number of rotatable bonds is 4. The van der Waals surface area contributed by atoms with Gasteiger partial charge in [-0.25, -0.2) is 0 Å². The molecule has 0 amide bonds. The van der Waals surface area contributed by atoms with Crippen molar-refractivity contribution in [3.8, 4) is 0 Å². The van der Waals surface area contributed by atoms with E-state index >= 15 is 0 Å². The second-order valence-corrected chi connectivity index (χ2v) is 8.59. The van der Waals surface area contributed by atoms with Crippen LogP contribution >= 0.6 is 0 Å². The van der Waals surface area contributed by atoms with Crippen LogP contribution in [0.3, 0.4) is 0 Å². The summed E-state index contributed by atoms with van der Waals surface area (Å²) in [7, 11) is 0. The molecule has 1 aromatic carbocycles. The second-order valence-electron chi connectivity index (χ2n) is 8.59. The Balaban J connectivity index is 1.45. The summed E-state index contributed by atoms with van der Waals surface area (Å²) in [6.45, 7) is 4.26. The highest BCUT2D eigenvalue weighted by atomic mass is 16.3. The Morgan fingerprint density at radius 1 is 1.21 bits per heavy atom. The van der Waals surface area contributed by atoms with Gasteiger partial charge >= 0.3 is 0 Å². The lowest BCUT2D eigenvalue weighted by Gasteiger charge is -2.33. The molecule has 0 fully saturated rings. The minimum atomic E-state index is -0.817. The molecule has 2 aromatic rings. The number of aliphatic hydroxyl groups is 1. The quantitative estimate of drug-likeness (QED) is 0.792. The molecule has 4 nitrogen and oxygen atoms in total. The third kappa shape index (κ3) is 3.08. The van der Waals surface area contributed by atoms with Crippen molar-refractivity contribution in [1.82, 2.24) is 10.4 Å². The number of allylic oxidation sites excluding steroid dienone is 4. The largest absolute Gasteiger partial charge is 0.385 e. The number of benzene rings is 1. The van der Waals surface area contributed by atoms with E-state index < -0.39 is 5.60 Å². The Kier molecular flexibility index (Phi) is 4.32. The minimum absolute atomic E-state index is 0.346. The van der Waals surface area contributed by atoms with Gasteiger partial charge in [0.2, 0.25) is 0 Å². The van der Waals surface area contributed by atoms with Crippen LogP contribution in [0.1, 0.15) is 38.7 Å². The summed E-state index contributed by atoms with van der Waals surface area (Å²) >= 11 is 0. The van der Waals surface area contributed by atoms with Crippen molar-refractivity contribution in [2.75, 3.05) is 5.01 Å². The molecule has 5 rings (SSSR count). The second kappa shape index (κ2) is 6.89. The Morgan fingerprint density at radius 3 is 2.79 bits per heavy atom. The van der Waals surface area contributed by atoms with Gasteiger partial charge in [0.15, 0.2) is 0 Å². The summed E-state index contributed by atoms with van der Waals surface area (Å²) in [6, 6.07) is 14.1. The van der Waals surface area contributed by atoms with E-state index in [0.717, 1.165) is 30.5 Å². The van der Waals surface area contributed by atoms with Gasteiger partial charge in [-0.2, -0.15) is 0 Å². The third-order valence-electron chi connectivity index (χ3n) is 6.65. The number of hydrogen-bond donors (Lipinski definition) is 2. The summed E-state index contributed by atoms with van der Waals surface area (Å²) in [5, 5.41) is 13.3. The number of fused-ring (bicyclic) bond motifs is 1. The molecule has 3 aliphatic rings. The average Bonchev–Trinajstić information content (AvgIpc) is 3.34. The maximum absolute atomic E-state index is 11.2. The first-order chi connectivity index (χ1) is 14.0. The molecule has 1 unspecified atom stereocenters. The number of hydrazine groups is 1. The van der Waals surface area contributed by atoms with Crippen LogP contribution in [0.4, 0.5) is 5.69 Å². The zero-order chi connectivity index (χ0) is 20.0. The van der Waals surface area contributed by atoms with Crippen molar-refractivity contribution in [3.63, 3.8) is 0 Å². The van der Waals surface area contributed by atoms with Crippen LogP contribution in [0.25, 0.3) is 0 Å². The fourth-order valence-electron chi connectivity index (χ4n) is 5.22. The fourth-order valence-corrected chi connectivity index (χ4v) is 5.22. The molecule has 0 spiro atoms. The van der Waals surface area contributed by atoms with E-state index in [1.54, 1.807) is 6.20 Å². The number of anilines is 1. The molecule has 2 heterocycles. The van der Waals surface area contributed by atoms with Gasteiger partial charge in [0.25, 0.3) is 0 Å². The molecule has 1 aliphatic heterocycles. The van der Waals surface area contributed by atoms with Crippen LogP contribution in [-0.2, 0) is 5.60 Å². The summed E-state index contributed by atoms with van der Waals surface area (Å²) < 4.78 is 0. The Morgan fingerprint density at radius 2 is 2.03 bits per heavy atom. The first-order valence-electron chi connectivity index (χ1n) is 10.4. The molecule has 2 N–H and O–H groups in total. The van der Waals surface area contributed by atoms with Crippen LogP contribution in [-0.4, -0.2) is 10.1 Å². The molecular formula is C25H27N3O. The molecule has 0 bridgehead atoms. The lowest BCUT2D eigenvalue weighted by molar-refractivity contribution is 0.0340. The average molecular weight is 386 g/mol. The Hall–Kier alpha value is -2.85. The van der Waals surface area contributed by atoms with E-state index in [1.807, 2.05) is 49.5 Å². The molecule has 0 saturated heterocycles. The zero-order valence-electron chi connectivity index (χ0n) is 17.0. The van der Waals surface area contributed by atoms with Crippen LogP contribution in [0, 0.1) is 11.8 Å². The van der Waals surface area contributed by atoms with Crippen LogP contribution in [0.2, 0.25) is 0 Å². The molecule has 29 heavy (non-hydrogen) atoms. The molecule has 3 atom stereocenters. The molecule has 0 saturated carbocycles. The Labute approximate surface area is 172 Å². The first kappa shape index (κ1) is 18.2. The first-order valence-corrected chi connectivity index (χ1v) is 10.4. The van der Waals surface area contributed by atoms with Gasteiger partial charge in [-0.05, 0) is 61.4 Å². The van der Waals surface area contributed by atoms with Crippen molar-refractivity contribution in [2.45, 2.75) is 38.7 Å². The standard InChI is InChI=1S/C25H27N3O/c1-17-22-16-27-28(21-9-6-12-26-15-21)23(22)13-18-10-11-19(24(17)18)14-25(2,29)20-7-4-3-5-8-20/h3-9,12-13,15-17,19,27,29H,10-11,14H2,1-2H3/t17-,19+,25?/m0/s1. The van der Waals surface area contributed by atoms with E-state index in [4.69, 9.17) is 0 Å². The smallest absolute Gasteiger partial charge is 0.0874 e. The van der Waals surface area contributed by atoms with Gasteiger partial charge in [-0.3, -0.25) is 9.99 Å². The predicted octanol–water partition coefficient (Wildman–Crippen LogP) is 4.83. The summed E-state index contributed by atoms with van der Waals surface area (Å²) in [5.74, 6) is 0.750. The van der Waals surface area contributed by atoms with E-state index in [2.05, 4.69) is 40.7 Å². The molecule has 0 radical (unpaired) electrons. The maximum Gasteiger partial charge on any atom is 0.0874 e. The zero-order valence-corrected chi connectivity index (χ0v) is 17.0. The highest BCUT2D eigenvalue weighted by molar-refractivity contribution is 5.64. The van der Waals surface area contributed by atoms with Crippen molar-refractivity contribution in [3.05, 3.63) is 95.1 Å². The van der Waals surface area contributed by atoms with Gasteiger partial charge in [-0.1, -0.05) is 42.8 Å². The highest BCUT2D eigenvalue weighted by Gasteiger charge is 2.40.